The number of fused-ring (bicyclic) bond motifs is 3. The Labute approximate surface area is 173 Å². The molecule has 2 aromatic carbocycles. The summed E-state index contributed by atoms with van der Waals surface area (Å²) in [5.74, 6) is 0.659. The molecule has 1 heterocycles. The molecule has 29 heavy (non-hydrogen) atoms. The molecule has 6 heteroatoms. The molecule has 0 aliphatic heterocycles. The summed E-state index contributed by atoms with van der Waals surface area (Å²) >= 11 is 5.75. The van der Waals surface area contributed by atoms with Crippen LogP contribution in [0, 0.1) is 5.82 Å². The van der Waals surface area contributed by atoms with Gasteiger partial charge in [0, 0.05) is 40.1 Å². The molecule has 150 valence electrons. The van der Waals surface area contributed by atoms with Crippen molar-refractivity contribution in [3.63, 3.8) is 0 Å². The van der Waals surface area contributed by atoms with Crippen molar-refractivity contribution in [1.82, 2.24) is 0 Å². The number of hydrogen-bond donors (Lipinski definition) is 1. The zero-order valence-corrected chi connectivity index (χ0v) is 17.0. The lowest BCUT2D eigenvalue weighted by molar-refractivity contribution is -0.111. The van der Waals surface area contributed by atoms with Gasteiger partial charge in [-0.2, -0.15) is 0 Å². The zero-order valence-electron chi connectivity index (χ0n) is 16.3. The minimum atomic E-state index is -0.582. The molecular weight excluding hydrogens is 393 g/mol. The Bertz CT molecular complexity index is 1130. The van der Waals surface area contributed by atoms with Gasteiger partial charge in [0.2, 0.25) is 5.91 Å². The van der Waals surface area contributed by atoms with Gasteiger partial charge >= 0.3 is 0 Å². The van der Waals surface area contributed by atoms with Crippen molar-refractivity contribution in [3.8, 4) is 5.75 Å². The van der Waals surface area contributed by atoms with E-state index in [1.807, 2.05) is 19.1 Å². The molecule has 4 rings (SSSR count). The number of benzene rings is 2. The van der Waals surface area contributed by atoms with Gasteiger partial charge < -0.3 is 14.5 Å². The number of carbonyl (C=O) groups is 1. The van der Waals surface area contributed by atoms with Crippen LogP contribution >= 0.6 is 11.6 Å². The van der Waals surface area contributed by atoms with Crippen molar-refractivity contribution in [2.75, 3.05) is 12.4 Å². The Morgan fingerprint density at radius 1 is 1.24 bits per heavy atom. The Hall–Kier alpha value is -2.79. The molecule has 0 fully saturated rings. The second kappa shape index (κ2) is 7.91. The lowest BCUT2D eigenvalue weighted by atomic mass is 9.94. The van der Waals surface area contributed by atoms with Gasteiger partial charge in [0.15, 0.2) is 0 Å². The number of halogens is 2. The van der Waals surface area contributed by atoms with Gasteiger partial charge in [-0.25, -0.2) is 4.39 Å². The van der Waals surface area contributed by atoms with Crippen molar-refractivity contribution < 1.29 is 18.3 Å². The van der Waals surface area contributed by atoms with E-state index in [1.165, 1.54) is 23.8 Å². The number of nitrogens with one attached hydrogen (secondary N) is 1. The molecule has 1 N–H and O–H groups in total. The van der Waals surface area contributed by atoms with Gasteiger partial charge in [-0.05, 0) is 56.0 Å². The molecule has 1 amide bonds. The fourth-order valence-corrected chi connectivity index (χ4v) is 3.96. The minimum Gasteiger partial charge on any atom is -0.496 e. The van der Waals surface area contributed by atoms with Gasteiger partial charge in [-0.1, -0.05) is 11.6 Å². The molecule has 3 aromatic rings. The molecule has 0 radical (unpaired) electrons. The van der Waals surface area contributed by atoms with Crippen LogP contribution in [0.25, 0.3) is 16.5 Å². The number of amides is 1. The Balaban J connectivity index is 1.67. The summed E-state index contributed by atoms with van der Waals surface area (Å²) in [5.41, 5.74) is 3.64. The Kier molecular flexibility index (Phi) is 5.33. The highest BCUT2D eigenvalue weighted by Crippen LogP contribution is 2.37. The average molecular weight is 414 g/mol. The summed E-state index contributed by atoms with van der Waals surface area (Å²) in [6, 6.07) is 8.01. The predicted molar refractivity (Wildman–Crippen MR) is 113 cm³/mol. The summed E-state index contributed by atoms with van der Waals surface area (Å²) in [5, 5.41) is 3.88. The molecule has 0 atom stereocenters. The Morgan fingerprint density at radius 2 is 2.03 bits per heavy atom. The Morgan fingerprint density at radius 3 is 2.79 bits per heavy atom. The summed E-state index contributed by atoms with van der Waals surface area (Å²) in [6.07, 6.45) is 5.66. The molecule has 0 saturated heterocycles. The van der Waals surface area contributed by atoms with E-state index in [4.69, 9.17) is 20.8 Å². The topological polar surface area (TPSA) is 51.5 Å². The van der Waals surface area contributed by atoms with Gasteiger partial charge in [0.1, 0.15) is 22.9 Å². The molecule has 1 aliphatic carbocycles. The largest absolute Gasteiger partial charge is 0.496 e. The molecule has 0 saturated carbocycles. The first kappa shape index (κ1) is 19.5. The predicted octanol–water partition coefficient (Wildman–Crippen LogP) is 6.15. The van der Waals surface area contributed by atoms with Crippen LogP contribution in [0.3, 0.4) is 0 Å². The molecule has 0 unspecified atom stereocenters. The van der Waals surface area contributed by atoms with Gasteiger partial charge in [-0.15, -0.1) is 0 Å². The molecule has 1 aliphatic rings. The third kappa shape index (κ3) is 3.87. The van der Waals surface area contributed by atoms with Crippen LogP contribution in [0.15, 0.2) is 40.8 Å². The van der Waals surface area contributed by atoms with Crippen LogP contribution in [0.2, 0.25) is 5.02 Å². The van der Waals surface area contributed by atoms with Gasteiger partial charge in [0.05, 0.1) is 12.8 Å². The number of rotatable bonds is 4. The van der Waals surface area contributed by atoms with Crippen LogP contribution in [0.1, 0.15) is 36.7 Å². The maximum atomic E-state index is 13.9. The maximum Gasteiger partial charge on any atom is 0.248 e. The van der Waals surface area contributed by atoms with Crippen molar-refractivity contribution >= 4 is 39.7 Å². The molecular formula is C23H21ClFNO3. The summed E-state index contributed by atoms with van der Waals surface area (Å²) in [6.45, 7) is 1.83. The lowest BCUT2D eigenvalue weighted by Gasteiger charge is -2.11. The number of methoxy groups -OCH3 is 1. The van der Waals surface area contributed by atoms with Crippen LogP contribution in [0.5, 0.6) is 5.75 Å². The van der Waals surface area contributed by atoms with Crippen molar-refractivity contribution in [1.29, 1.82) is 0 Å². The molecule has 0 spiro atoms. The first-order chi connectivity index (χ1) is 14.0. The van der Waals surface area contributed by atoms with E-state index >= 15 is 0 Å². The zero-order chi connectivity index (χ0) is 20.5. The van der Waals surface area contributed by atoms with E-state index in [1.54, 1.807) is 7.11 Å². The molecule has 4 nitrogen and oxygen atoms in total. The van der Waals surface area contributed by atoms with Crippen LogP contribution in [-0.4, -0.2) is 13.0 Å². The van der Waals surface area contributed by atoms with Crippen molar-refractivity contribution in [2.45, 2.75) is 32.6 Å². The van der Waals surface area contributed by atoms with Crippen LogP contribution in [0.4, 0.5) is 10.1 Å². The van der Waals surface area contributed by atoms with E-state index in [9.17, 15) is 9.18 Å². The van der Waals surface area contributed by atoms with Crippen molar-refractivity contribution in [2.24, 2.45) is 0 Å². The monoisotopic (exact) mass is 413 g/mol. The van der Waals surface area contributed by atoms with Crippen LogP contribution in [-0.2, 0) is 17.6 Å². The first-order valence-corrected chi connectivity index (χ1v) is 9.91. The normalized spacial score (nSPS) is 14.0. The summed E-state index contributed by atoms with van der Waals surface area (Å²) in [4.78, 5) is 12.4. The first-order valence-electron chi connectivity index (χ1n) is 9.53. The standard InChI is InChI=1S/C23H21ClFNO3/c1-13(9-23(27)26-19-8-7-14(24)10-18(19)25)16-11-17-15-5-3-4-6-20(15)29-22(17)12-21(16)28-2/h7-12H,3-6H2,1-2H3,(H,26,27)/b13-9+. The van der Waals surface area contributed by atoms with E-state index in [0.717, 1.165) is 54.0 Å². The number of aryl methyl sites for hydroxylation is 2. The highest BCUT2D eigenvalue weighted by Gasteiger charge is 2.20. The lowest BCUT2D eigenvalue weighted by Crippen LogP contribution is -2.10. The second-order valence-corrected chi connectivity index (χ2v) is 7.64. The number of allylic oxidation sites excluding steroid dienone is 1. The second-order valence-electron chi connectivity index (χ2n) is 7.20. The number of anilines is 1. The van der Waals surface area contributed by atoms with Gasteiger partial charge in [0.25, 0.3) is 0 Å². The molecule has 0 bridgehead atoms. The fraction of sp³-hybridized carbons (Fsp3) is 0.261. The highest BCUT2D eigenvalue weighted by molar-refractivity contribution is 6.30. The number of ether oxygens (including phenoxy) is 1. The van der Waals surface area contributed by atoms with E-state index in [0.29, 0.717) is 11.3 Å². The molecule has 1 aromatic heterocycles. The van der Waals surface area contributed by atoms with E-state index in [2.05, 4.69) is 5.32 Å². The quantitative estimate of drug-likeness (QED) is 0.521. The smallest absolute Gasteiger partial charge is 0.248 e. The SMILES string of the molecule is COc1cc2oc3c(c2cc1/C(C)=C/C(=O)Nc1ccc(Cl)cc1F)CCCC3. The van der Waals surface area contributed by atoms with E-state index < -0.39 is 11.7 Å². The summed E-state index contributed by atoms with van der Waals surface area (Å²) < 4.78 is 25.5. The number of hydrogen-bond acceptors (Lipinski definition) is 3. The fourth-order valence-electron chi connectivity index (χ4n) is 3.80. The van der Waals surface area contributed by atoms with Crippen molar-refractivity contribution in [3.05, 3.63) is 64.1 Å². The third-order valence-electron chi connectivity index (χ3n) is 5.24. The highest BCUT2D eigenvalue weighted by atomic mass is 35.5. The number of carbonyl (C=O) groups excluding carboxylic acids is 1. The average Bonchev–Trinajstić information content (AvgIpc) is 3.06. The maximum absolute atomic E-state index is 13.9. The van der Waals surface area contributed by atoms with E-state index in [-0.39, 0.29) is 10.7 Å². The van der Waals surface area contributed by atoms with Gasteiger partial charge in [-0.3, -0.25) is 4.79 Å². The van der Waals surface area contributed by atoms with Crippen LogP contribution < -0.4 is 10.1 Å². The summed E-state index contributed by atoms with van der Waals surface area (Å²) in [7, 11) is 1.59. The third-order valence-corrected chi connectivity index (χ3v) is 5.47. The minimum absolute atomic E-state index is 0.0785. The number of furan rings is 1.